The Labute approximate surface area is 107 Å². The lowest BCUT2D eigenvalue weighted by atomic mass is 10.3. The van der Waals surface area contributed by atoms with Crippen LogP contribution < -0.4 is 5.73 Å². The third-order valence-corrected chi connectivity index (χ3v) is 5.73. The van der Waals surface area contributed by atoms with Crippen LogP contribution >= 0.6 is 39.0 Å². The summed E-state index contributed by atoms with van der Waals surface area (Å²) in [4.78, 5) is 1.27. The Balaban J connectivity index is 2.64. The van der Waals surface area contributed by atoms with Crippen molar-refractivity contribution < 1.29 is 5.11 Å². The second kappa shape index (κ2) is 6.25. The SMILES string of the molecule is CC(O)C(C)SC(CN)c1cc(Br)cs1. The van der Waals surface area contributed by atoms with Crippen LogP contribution in [0.2, 0.25) is 0 Å². The van der Waals surface area contributed by atoms with Gasteiger partial charge in [0.2, 0.25) is 0 Å². The molecular formula is C10H16BrNOS2. The molecular weight excluding hydrogens is 294 g/mol. The summed E-state index contributed by atoms with van der Waals surface area (Å²) in [6.45, 7) is 4.45. The van der Waals surface area contributed by atoms with Crippen molar-refractivity contribution >= 4 is 39.0 Å². The Morgan fingerprint density at radius 3 is 2.67 bits per heavy atom. The topological polar surface area (TPSA) is 46.2 Å². The van der Waals surface area contributed by atoms with E-state index in [1.54, 1.807) is 23.1 Å². The normalized spacial score (nSPS) is 17.4. The zero-order valence-corrected chi connectivity index (χ0v) is 12.0. The van der Waals surface area contributed by atoms with Crippen LogP contribution in [0.15, 0.2) is 15.9 Å². The minimum Gasteiger partial charge on any atom is -0.392 e. The molecule has 0 saturated carbocycles. The van der Waals surface area contributed by atoms with Gasteiger partial charge in [0.15, 0.2) is 0 Å². The van der Waals surface area contributed by atoms with Gasteiger partial charge in [-0.15, -0.1) is 23.1 Å². The van der Waals surface area contributed by atoms with Crippen molar-refractivity contribution in [1.29, 1.82) is 0 Å². The molecule has 1 heterocycles. The van der Waals surface area contributed by atoms with Crippen LogP contribution in [-0.4, -0.2) is 23.0 Å². The van der Waals surface area contributed by atoms with Gasteiger partial charge in [0.05, 0.1) is 11.4 Å². The summed E-state index contributed by atoms with van der Waals surface area (Å²) in [5.74, 6) is 0. The lowest BCUT2D eigenvalue weighted by Crippen LogP contribution is -2.19. The summed E-state index contributed by atoms with van der Waals surface area (Å²) in [6, 6.07) is 2.10. The van der Waals surface area contributed by atoms with E-state index in [1.165, 1.54) is 4.88 Å². The molecule has 3 N–H and O–H groups in total. The van der Waals surface area contributed by atoms with Gasteiger partial charge in [0, 0.05) is 26.5 Å². The maximum absolute atomic E-state index is 9.45. The van der Waals surface area contributed by atoms with E-state index in [0.717, 1.165) is 4.47 Å². The quantitative estimate of drug-likeness (QED) is 0.879. The summed E-state index contributed by atoms with van der Waals surface area (Å²) in [5, 5.41) is 12.0. The van der Waals surface area contributed by atoms with Gasteiger partial charge in [0.25, 0.3) is 0 Å². The van der Waals surface area contributed by atoms with Gasteiger partial charge in [-0.05, 0) is 28.9 Å². The Bertz CT molecular complexity index is 303. The number of hydrogen-bond donors (Lipinski definition) is 2. The van der Waals surface area contributed by atoms with E-state index in [0.29, 0.717) is 6.54 Å². The molecule has 1 aromatic rings. The van der Waals surface area contributed by atoms with Gasteiger partial charge < -0.3 is 10.8 Å². The minimum atomic E-state index is -0.299. The molecule has 15 heavy (non-hydrogen) atoms. The molecule has 1 rings (SSSR count). The van der Waals surface area contributed by atoms with Crippen molar-refractivity contribution in [1.82, 2.24) is 0 Å². The van der Waals surface area contributed by atoms with Crippen molar-refractivity contribution in [3.63, 3.8) is 0 Å². The van der Waals surface area contributed by atoms with Crippen LogP contribution in [0.1, 0.15) is 24.0 Å². The number of hydrogen-bond acceptors (Lipinski definition) is 4. The first-order valence-corrected chi connectivity index (χ1v) is 7.43. The summed E-state index contributed by atoms with van der Waals surface area (Å²) >= 11 is 6.88. The standard InChI is InChI=1S/C10H16BrNOS2/c1-6(13)7(2)15-10(4-12)9-3-8(11)5-14-9/h3,5-7,10,13H,4,12H2,1-2H3. The summed E-state index contributed by atoms with van der Waals surface area (Å²) < 4.78 is 1.10. The molecule has 0 aromatic carbocycles. The van der Waals surface area contributed by atoms with Crippen LogP contribution in [0.25, 0.3) is 0 Å². The van der Waals surface area contributed by atoms with Gasteiger partial charge in [-0.3, -0.25) is 0 Å². The summed E-state index contributed by atoms with van der Waals surface area (Å²) in [6.07, 6.45) is -0.299. The predicted octanol–water partition coefficient (Wildman–Crippen LogP) is 3.01. The number of aliphatic hydroxyl groups is 1. The van der Waals surface area contributed by atoms with E-state index in [-0.39, 0.29) is 16.6 Å². The molecule has 0 radical (unpaired) electrons. The molecule has 0 saturated heterocycles. The van der Waals surface area contributed by atoms with Gasteiger partial charge >= 0.3 is 0 Å². The fourth-order valence-electron chi connectivity index (χ4n) is 1.11. The van der Waals surface area contributed by atoms with E-state index in [2.05, 4.69) is 27.4 Å². The van der Waals surface area contributed by atoms with E-state index >= 15 is 0 Å². The number of aliphatic hydroxyl groups excluding tert-OH is 1. The van der Waals surface area contributed by atoms with Crippen LogP contribution in [0.3, 0.4) is 0 Å². The molecule has 0 spiro atoms. The maximum atomic E-state index is 9.45. The van der Waals surface area contributed by atoms with E-state index < -0.39 is 0 Å². The molecule has 3 atom stereocenters. The number of thiophene rings is 1. The zero-order chi connectivity index (χ0) is 11.4. The average molecular weight is 310 g/mol. The van der Waals surface area contributed by atoms with Gasteiger partial charge in [-0.1, -0.05) is 6.92 Å². The van der Waals surface area contributed by atoms with E-state index in [9.17, 15) is 5.11 Å². The number of nitrogens with two attached hydrogens (primary N) is 1. The van der Waals surface area contributed by atoms with Crippen molar-refractivity contribution in [3.8, 4) is 0 Å². The monoisotopic (exact) mass is 309 g/mol. The lowest BCUT2D eigenvalue weighted by molar-refractivity contribution is 0.196. The maximum Gasteiger partial charge on any atom is 0.0628 e. The molecule has 0 fully saturated rings. The minimum absolute atomic E-state index is 0.208. The molecule has 1 aromatic heterocycles. The van der Waals surface area contributed by atoms with E-state index in [4.69, 9.17) is 5.73 Å². The Hall–Kier alpha value is 0.450. The molecule has 2 nitrogen and oxygen atoms in total. The van der Waals surface area contributed by atoms with Crippen LogP contribution in [0.5, 0.6) is 0 Å². The highest BCUT2D eigenvalue weighted by Crippen LogP contribution is 2.37. The Kier molecular flexibility index (Phi) is 5.63. The first-order chi connectivity index (χ1) is 7.04. The lowest BCUT2D eigenvalue weighted by Gasteiger charge is -2.20. The highest BCUT2D eigenvalue weighted by atomic mass is 79.9. The van der Waals surface area contributed by atoms with Crippen LogP contribution in [0.4, 0.5) is 0 Å². The van der Waals surface area contributed by atoms with Crippen molar-refractivity contribution in [2.75, 3.05) is 6.54 Å². The molecule has 86 valence electrons. The molecule has 0 aliphatic heterocycles. The molecule has 0 aliphatic rings. The fraction of sp³-hybridized carbons (Fsp3) is 0.600. The predicted molar refractivity (Wildman–Crippen MR) is 72.5 cm³/mol. The molecule has 0 bridgehead atoms. The number of rotatable bonds is 5. The smallest absolute Gasteiger partial charge is 0.0628 e. The second-order valence-electron chi connectivity index (χ2n) is 3.47. The Morgan fingerprint density at radius 2 is 2.27 bits per heavy atom. The fourth-order valence-corrected chi connectivity index (χ4v) is 3.94. The highest BCUT2D eigenvalue weighted by molar-refractivity contribution is 9.10. The zero-order valence-electron chi connectivity index (χ0n) is 8.81. The molecule has 0 aliphatic carbocycles. The Morgan fingerprint density at radius 1 is 1.60 bits per heavy atom. The first kappa shape index (κ1) is 13.5. The van der Waals surface area contributed by atoms with Crippen molar-refractivity contribution in [2.24, 2.45) is 5.73 Å². The van der Waals surface area contributed by atoms with Gasteiger partial charge in [-0.25, -0.2) is 0 Å². The number of thioether (sulfide) groups is 1. The summed E-state index contributed by atoms with van der Waals surface area (Å²) in [7, 11) is 0. The first-order valence-electron chi connectivity index (χ1n) is 4.82. The molecule has 3 unspecified atom stereocenters. The largest absolute Gasteiger partial charge is 0.392 e. The van der Waals surface area contributed by atoms with Gasteiger partial charge in [0.1, 0.15) is 0 Å². The molecule has 0 amide bonds. The third kappa shape index (κ3) is 4.07. The van der Waals surface area contributed by atoms with Crippen molar-refractivity contribution in [3.05, 3.63) is 20.8 Å². The number of halogens is 1. The third-order valence-electron chi connectivity index (χ3n) is 2.18. The highest BCUT2D eigenvalue weighted by Gasteiger charge is 2.18. The van der Waals surface area contributed by atoms with Gasteiger partial charge in [-0.2, -0.15) is 0 Å². The van der Waals surface area contributed by atoms with Crippen LogP contribution in [-0.2, 0) is 0 Å². The second-order valence-corrected chi connectivity index (χ2v) is 6.92. The molecule has 5 heteroatoms. The average Bonchev–Trinajstić information content (AvgIpc) is 2.60. The van der Waals surface area contributed by atoms with Crippen molar-refractivity contribution in [2.45, 2.75) is 30.5 Å². The van der Waals surface area contributed by atoms with E-state index in [1.807, 2.05) is 13.8 Å². The van der Waals surface area contributed by atoms with Crippen LogP contribution in [0, 0.1) is 0 Å². The summed E-state index contributed by atoms with van der Waals surface area (Å²) in [5.41, 5.74) is 5.75.